The third kappa shape index (κ3) is 5.59. The Morgan fingerprint density at radius 1 is 1.11 bits per heavy atom. The second-order valence-corrected chi connectivity index (χ2v) is 11.2. The number of alkyl halides is 2. The van der Waals surface area contributed by atoms with Crippen molar-refractivity contribution < 1.29 is 17.6 Å². The van der Waals surface area contributed by atoms with Crippen LogP contribution in [0.2, 0.25) is 0 Å². The molecule has 1 fully saturated rings. The minimum absolute atomic E-state index is 0.0391. The zero-order valence-corrected chi connectivity index (χ0v) is 22.1. The Hall–Kier alpha value is -2.91. The van der Waals surface area contributed by atoms with Crippen LogP contribution < -0.4 is 5.32 Å². The summed E-state index contributed by atoms with van der Waals surface area (Å²) < 4.78 is 58.9. The minimum atomic E-state index is -1.55. The Balaban J connectivity index is 1.47. The molecule has 2 aromatic carbocycles. The van der Waals surface area contributed by atoms with Crippen molar-refractivity contribution in [3.8, 4) is 11.1 Å². The van der Waals surface area contributed by atoms with Gasteiger partial charge >= 0.3 is 0 Å². The number of hydrogen-bond donors (Lipinski definition) is 2. The van der Waals surface area contributed by atoms with Crippen LogP contribution in [0.5, 0.6) is 0 Å². The van der Waals surface area contributed by atoms with E-state index in [-0.39, 0.29) is 30.9 Å². The molecule has 9 heteroatoms. The smallest absolute Gasteiger partial charge is 0.133 e. The summed E-state index contributed by atoms with van der Waals surface area (Å²) in [6, 6.07) is 7.68. The highest BCUT2D eigenvalue weighted by Gasteiger charge is 2.39. The van der Waals surface area contributed by atoms with Crippen LogP contribution in [0.15, 0.2) is 42.7 Å². The molecular weight excluding hydrogens is 494 g/mol. The molecule has 2 N–H and O–H groups in total. The minimum Gasteiger partial charge on any atom is -0.380 e. The Morgan fingerprint density at radius 3 is 2.47 bits per heavy atom. The molecule has 2 aliphatic rings. The van der Waals surface area contributed by atoms with Gasteiger partial charge in [0.15, 0.2) is 0 Å². The van der Waals surface area contributed by atoms with E-state index in [1.165, 1.54) is 26.0 Å². The molecule has 0 radical (unpaired) electrons. The van der Waals surface area contributed by atoms with Gasteiger partial charge in [0.05, 0.1) is 25.0 Å². The maximum Gasteiger partial charge on any atom is 0.133 e. The normalized spacial score (nSPS) is 20.8. The zero-order chi connectivity index (χ0) is 27.0. The van der Waals surface area contributed by atoms with E-state index in [0.717, 1.165) is 22.3 Å². The number of nitrogens with zero attached hydrogens (tertiary/aromatic N) is 3. The van der Waals surface area contributed by atoms with Crippen LogP contribution in [-0.4, -0.2) is 70.6 Å². The number of hydrogen-bond acceptors (Lipinski definition) is 4. The van der Waals surface area contributed by atoms with Crippen molar-refractivity contribution in [3.63, 3.8) is 0 Å². The van der Waals surface area contributed by atoms with Gasteiger partial charge in [-0.2, -0.15) is 5.10 Å². The van der Waals surface area contributed by atoms with Gasteiger partial charge in [-0.3, -0.25) is 19.3 Å². The Labute approximate surface area is 221 Å². The summed E-state index contributed by atoms with van der Waals surface area (Å²) >= 11 is 0. The van der Waals surface area contributed by atoms with Crippen LogP contribution in [0.4, 0.5) is 23.2 Å². The maximum atomic E-state index is 15.8. The number of rotatable bonds is 9. The Morgan fingerprint density at radius 2 is 1.84 bits per heavy atom. The molecule has 38 heavy (non-hydrogen) atoms. The topological polar surface area (TPSA) is 47.2 Å². The van der Waals surface area contributed by atoms with Gasteiger partial charge in [-0.1, -0.05) is 18.2 Å². The fourth-order valence-corrected chi connectivity index (χ4v) is 5.80. The summed E-state index contributed by atoms with van der Waals surface area (Å²) in [4.78, 5) is 3.98. The molecular formula is C29H35F4N5. The molecule has 0 saturated carbocycles. The van der Waals surface area contributed by atoms with Gasteiger partial charge in [-0.25, -0.2) is 13.2 Å². The first-order valence-electron chi connectivity index (χ1n) is 13.2. The number of H-pyrrole nitrogens is 1. The summed E-state index contributed by atoms with van der Waals surface area (Å²) in [6.45, 7) is 6.73. The van der Waals surface area contributed by atoms with Crippen LogP contribution in [0.1, 0.15) is 49.9 Å². The number of nitrogens with one attached hydrogen (secondary N) is 2. The average Bonchev–Trinajstić information content (AvgIpc) is 3.36. The van der Waals surface area contributed by atoms with Crippen LogP contribution in [0, 0.1) is 11.6 Å². The number of benzene rings is 2. The van der Waals surface area contributed by atoms with E-state index in [9.17, 15) is 8.78 Å². The lowest BCUT2D eigenvalue weighted by Gasteiger charge is -2.44. The quantitative estimate of drug-likeness (QED) is 0.339. The Kier molecular flexibility index (Phi) is 7.51. The molecule has 204 valence electrons. The second kappa shape index (κ2) is 10.7. The third-order valence-electron chi connectivity index (χ3n) is 7.53. The van der Waals surface area contributed by atoms with E-state index < -0.39 is 23.3 Å². The summed E-state index contributed by atoms with van der Waals surface area (Å²) in [5.74, 6) is -1.32. The number of likely N-dealkylation sites (tertiary alicyclic amines) is 1. The van der Waals surface area contributed by atoms with E-state index in [2.05, 4.69) is 20.4 Å². The lowest BCUT2D eigenvalue weighted by molar-refractivity contribution is 0.0653. The molecule has 5 nitrogen and oxygen atoms in total. The first-order valence-corrected chi connectivity index (χ1v) is 13.2. The highest BCUT2D eigenvalue weighted by molar-refractivity contribution is 5.64. The van der Waals surface area contributed by atoms with Crippen molar-refractivity contribution in [1.82, 2.24) is 20.0 Å². The monoisotopic (exact) mass is 529 g/mol. The van der Waals surface area contributed by atoms with Crippen LogP contribution in [-0.2, 0) is 6.42 Å². The predicted octanol–water partition coefficient (Wildman–Crippen LogP) is 5.89. The van der Waals surface area contributed by atoms with Crippen molar-refractivity contribution in [2.24, 2.45) is 0 Å². The van der Waals surface area contributed by atoms with Crippen LogP contribution in [0.3, 0.4) is 0 Å². The molecule has 0 unspecified atom stereocenters. The molecule has 0 amide bonds. The van der Waals surface area contributed by atoms with Crippen molar-refractivity contribution in [2.75, 3.05) is 38.2 Å². The number of anilines is 1. The maximum absolute atomic E-state index is 15.8. The SMILES string of the molecule is C[C@@H]1Cc2cc(-c3cn[nH]c3)ccc2[C@@H](c2c(F)cc(NC3CN(CCCF)C3)cc2F)N1CC(C)(C)F. The Bertz CT molecular complexity index is 1230. The van der Waals surface area contributed by atoms with Gasteiger partial charge in [0, 0.05) is 55.2 Å². The van der Waals surface area contributed by atoms with E-state index in [1.807, 2.05) is 30.0 Å². The van der Waals surface area contributed by atoms with Crippen LogP contribution >= 0.6 is 0 Å². The highest BCUT2D eigenvalue weighted by Crippen LogP contribution is 2.42. The molecule has 2 aliphatic heterocycles. The summed E-state index contributed by atoms with van der Waals surface area (Å²) in [5.41, 5.74) is 2.41. The summed E-state index contributed by atoms with van der Waals surface area (Å²) in [5, 5.41) is 10.0. The molecule has 5 rings (SSSR count). The molecule has 1 aromatic heterocycles. The lowest BCUT2D eigenvalue weighted by atomic mass is 9.82. The second-order valence-electron chi connectivity index (χ2n) is 11.2. The predicted molar refractivity (Wildman–Crippen MR) is 142 cm³/mol. The molecule has 0 aliphatic carbocycles. The summed E-state index contributed by atoms with van der Waals surface area (Å²) in [7, 11) is 0. The van der Waals surface area contributed by atoms with E-state index in [0.29, 0.717) is 38.2 Å². The van der Waals surface area contributed by atoms with E-state index in [1.54, 1.807) is 12.4 Å². The van der Waals surface area contributed by atoms with E-state index >= 15 is 8.78 Å². The number of fused-ring (bicyclic) bond motifs is 1. The third-order valence-corrected chi connectivity index (χ3v) is 7.53. The first-order chi connectivity index (χ1) is 18.1. The van der Waals surface area contributed by atoms with Gasteiger partial charge in [-0.05, 0) is 62.4 Å². The molecule has 0 bridgehead atoms. The van der Waals surface area contributed by atoms with Gasteiger partial charge in [0.1, 0.15) is 17.3 Å². The van der Waals surface area contributed by atoms with Gasteiger partial charge in [-0.15, -0.1) is 0 Å². The van der Waals surface area contributed by atoms with Crippen molar-refractivity contribution in [3.05, 3.63) is 71.1 Å². The summed E-state index contributed by atoms with van der Waals surface area (Å²) in [6.07, 6.45) is 4.66. The van der Waals surface area contributed by atoms with Gasteiger partial charge in [0.2, 0.25) is 0 Å². The van der Waals surface area contributed by atoms with Crippen LogP contribution in [0.25, 0.3) is 11.1 Å². The van der Waals surface area contributed by atoms with Crippen molar-refractivity contribution in [2.45, 2.75) is 57.4 Å². The first kappa shape index (κ1) is 26.7. The van der Waals surface area contributed by atoms with Gasteiger partial charge < -0.3 is 5.32 Å². The average molecular weight is 530 g/mol. The fourth-order valence-electron chi connectivity index (χ4n) is 5.80. The molecule has 3 aromatic rings. The molecule has 3 heterocycles. The number of aromatic nitrogens is 2. The fraction of sp³-hybridized carbons (Fsp3) is 0.483. The molecule has 2 atom stereocenters. The number of halogens is 4. The lowest BCUT2D eigenvalue weighted by Crippen LogP contribution is -2.54. The van der Waals surface area contributed by atoms with Gasteiger partial charge in [0.25, 0.3) is 0 Å². The van der Waals surface area contributed by atoms with Crippen molar-refractivity contribution >= 4 is 5.69 Å². The molecule has 0 spiro atoms. The molecule has 1 saturated heterocycles. The standard InChI is InChI=1S/C29H35F4N5/c1-18-9-20-10-19(21-13-34-35-14-21)5-6-24(20)28(38(18)17-29(2,3)33)27-25(31)11-22(12-26(27)32)36-23-15-37(16-23)8-4-7-30/h5-6,10-14,18,23,28,36H,4,7-9,15-17H2,1-3H3,(H,34,35)/t18-,28+/m1/s1. The zero-order valence-electron chi connectivity index (χ0n) is 22.1. The highest BCUT2D eigenvalue weighted by atomic mass is 19.1. The number of aromatic amines is 1. The largest absolute Gasteiger partial charge is 0.380 e. The van der Waals surface area contributed by atoms with Crippen molar-refractivity contribution in [1.29, 1.82) is 0 Å². The van der Waals surface area contributed by atoms with E-state index in [4.69, 9.17) is 0 Å².